The lowest BCUT2D eigenvalue weighted by atomic mass is 9.75. The number of amides is 1. The first kappa shape index (κ1) is 11.4. The number of hydrogen-bond donors (Lipinski definition) is 1. The Morgan fingerprint density at radius 3 is 2.56 bits per heavy atom. The van der Waals surface area contributed by atoms with Gasteiger partial charge in [0, 0.05) is 19.5 Å². The smallest absolute Gasteiger partial charge is 0.308 e. The number of carboxylic acids is 1. The minimum Gasteiger partial charge on any atom is -0.481 e. The molecule has 0 bridgehead atoms. The zero-order valence-electron chi connectivity index (χ0n) is 9.69. The molecule has 0 aromatic heterocycles. The standard InChI is InChI=1S/C12H19NO3/c1-8(14)13-7-10(12(15)16)6-9-4-2-3-5-11(9)13/h9-11H,2-7H2,1H3,(H,15,16). The Balaban J connectivity index is 2.15. The van der Waals surface area contributed by atoms with Gasteiger partial charge < -0.3 is 10.0 Å². The van der Waals surface area contributed by atoms with Crippen LogP contribution < -0.4 is 0 Å². The number of fused-ring (bicyclic) bond motifs is 1. The van der Waals surface area contributed by atoms with Gasteiger partial charge >= 0.3 is 5.97 Å². The second-order valence-corrected chi connectivity index (χ2v) is 5.05. The quantitative estimate of drug-likeness (QED) is 0.735. The topological polar surface area (TPSA) is 57.6 Å². The first-order valence-electron chi connectivity index (χ1n) is 6.09. The Hall–Kier alpha value is -1.06. The molecule has 0 radical (unpaired) electrons. The van der Waals surface area contributed by atoms with E-state index in [1.165, 1.54) is 12.8 Å². The summed E-state index contributed by atoms with van der Waals surface area (Å²) in [5, 5.41) is 9.09. The molecule has 4 nitrogen and oxygen atoms in total. The molecule has 1 aliphatic carbocycles. The maximum Gasteiger partial charge on any atom is 0.308 e. The zero-order chi connectivity index (χ0) is 11.7. The van der Waals surface area contributed by atoms with Crippen molar-refractivity contribution in [2.75, 3.05) is 6.54 Å². The second kappa shape index (κ2) is 4.44. The van der Waals surface area contributed by atoms with Crippen molar-refractivity contribution >= 4 is 11.9 Å². The molecule has 16 heavy (non-hydrogen) atoms. The minimum atomic E-state index is -0.754. The van der Waals surface area contributed by atoms with Gasteiger partial charge in [0.1, 0.15) is 0 Å². The fourth-order valence-electron chi connectivity index (χ4n) is 3.23. The molecule has 1 saturated heterocycles. The number of carbonyl (C=O) groups is 2. The van der Waals surface area contributed by atoms with Crippen LogP contribution in [0.1, 0.15) is 39.0 Å². The van der Waals surface area contributed by atoms with E-state index in [1.54, 1.807) is 11.8 Å². The van der Waals surface area contributed by atoms with E-state index in [0.717, 1.165) is 19.3 Å². The molecule has 3 atom stereocenters. The lowest BCUT2D eigenvalue weighted by molar-refractivity contribution is -0.149. The van der Waals surface area contributed by atoms with Gasteiger partial charge in [0.05, 0.1) is 5.92 Å². The lowest BCUT2D eigenvalue weighted by Crippen LogP contribution is -2.53. The van der Waals surface area contributed by atoms with Gasteiger partial charge in [0.15, 0.2) is 0 Å². The maximum absolute atomic E-state index is 11.6. The van der Waals surface area contributed by atoms with Crippen LogP contribution in [0.4, 0.5) is 0 Å². The van der Waals surface area contributed by atoms with E-state index >= 15 is 0 Å². The van der Waals surface area contributed by atoms with Crippen LogP contribution in [-0.2, 0) is 9.59 Å². The van der Waals surface area contributed by atoms with Crippen LogP contribution in [-0.4, -0.2) is 34.5 Å². The third kappa shape index (κ3) is 2.06. The predicted octanol–water partition coefficient (Wildman–Crippen LogP) is 1.50. The molecule has 1 amide bonds. The van der Waals surface area contributed by atoms with Crippen molar-refractivity contribution in [1.82, 2.24) is 4.90 Å². The Labute approximate surface area is 95.6 Å². The number of likely N-dealkylation sites (tertiary alicyclic amines) is 1. The molecule has 1 heterocycles. The summed E-state index contributed by atoms with van der Waals surface area (Å²) < 4.78 is 0. The van der Waals surface area contributed by atoms with Crippen molar-refractivity contribution in [3.05, 3.63) is 0 Å². The summed E-state index contributed by atoms with van der Waals surface area (Å²) in [6.45, 7) is 1.96. The van der Waals surface area contributed by atoms with Gasteiger partial charge in [-0.3, -0.25) is 9.59 Å². The normalized spacial score (nSPS) is 34.3. The summed E-state index contributed by atoms with van der Waals surface area (Å²) in [5.74, 6) is -0.672. The first-order chi connectivity index (χ1) is 7.59. The molecule has 2 fully saturated rings. The molecular formula is C12H19NO3. The molecule has 90 valence electrons. The average Bonchev–Trinajstić information content (AvgIpc) is 2.27. The number of aliphatic carboxylic acids is 1. The van der Waals surface area contributed by atoms with Crippen molar-refractivity contribution in [2.45, 2.75) is 45.1 Å². The van der Waals surface area contributed by atoms with Crippen molar-refractivity contribution < 1.29 is 14.7 Å². The SMILES string of the molecule is CC(=O)N1CC(C(=O)O)CC2CCCCC21. The van der Waals surface area contributed by atoms with Gasteiger partial charge in [-0.25, -0.2) is 0 Å². The van der Waals surface area contributed by atoms with Crippen LogP contribution in [0.25, 0.3) is 0 Å². The number of piperidine rings is 1. The van der Waals surface area contributed by atoms with E-state index in [4.69, 9.17) is 5.11 Å². The van der Waals surface area contributed by atoms with Gasteiger partial charge in [-0.15, -0.1) is 0 Å². The van der Waals surface area contributed by atoms with Gasteiger partial charge in [-0.1, -0.05) is 12.8 Å². The Bertz CT molecular complexity index is 303. The summed E-state index contributed by atoms with van der Waals surface area (Å²) in [7, 11) is 0. The monoisotopic (exact) mass is 225 g/mol. The number of hydrogen-bond acceptors (Lipinski definition) is 2. The average molecular weight is 225 g/mol. The number of nitrogens with zero attached hydrogens (tertiary/aromatic N) is 1. The van der Waals surface area contributed by atoms with Crippen LogP contribution in [0, 0.1) is 11.8 Å². The fraction of sp³-hybridized carbons (Fsp3) is 0.833. The molecule has 3 unspecified atom stereocenters. The summed E-state index contributed by atoms with van der Waals surface area (Å²) >= 11 is 0. The summed E-state index contributed by atoms with van der Waals surface area (Å²) in [6, 6.07) is 0.307. The Morgan fingerprint density at radius 2 is 1.94 bits per heavy atom. The van der Waals surface area contributed by atoms with Crippen molar-refractivity contribution in [3.8, 4) is 0 Å². The predicted molar refractivity (Wildman–Crippen MR) is 58.9 cm³/mol. The molecule has 0 aromatic rings. The molecular weight excluding hydrogens is 206 g/mol. The first-order valence-corrected chi connectivity index (χ1v) is 6.09. The Morgan fingerprint density at radius 1 is 1.25 bits per heavy atom. The van der Waals surface area contributed by atoms with Crippen molar-refractivity contribution in [2.24, 2.45) is 11.8 Å². The molecule has 2 aliphatic rings. The van der Waals surface area contributed by atoms with Gasteiger partial charge in [-0.2, -0.15) is 0 Å². The van der Waals surface area contributed by atoms with Crippen LogP contribution in [0.3, 0.4) is 0 Å². The highest BCUT2D eigenvalue weighted by molar-refractivity contribution is 5.76. The van der Waals surface area contributed by atoms with Gasteiger partial charge in [0.25, 0.3) is 0 Å². The van der Waals surface area contributed by atoms with Crippen LogP contribution >= 0.6 is 0 Å². The number of rotatable bonds is 1. The Kier molecular flexibility index (Phi) is 3.17. The van der Waals surface area contributed by atoms with E-state index in [0.29, 0.717) is 18.5 Å². The maximum atomic E-state index is 11.6. The largest absolute Gasteiger partial charge is 0.481 e. The molecule has 0 spiro atoms. The highest BCUT2D eigenvalue weighted by Crippen LogP contribution is 2.37. The highest BCUT2D eigenvalue weighted by atomic mass is 16.4. The van der Waals surface area contributed by atoms with Crippen LogP contribution in [0.15, 0.2) is 0 Å². The fourth-order valence-corrected chi connectivity index (χ4v) is 3.23. The molecule has 4 heteroatoms. The third-order valence-corrected chi connectivity index (χ3v) is 4.03. The lowest BCUT2D eigenvalue weighted by Gasteiger charge is -2.45. The highest BCUT2D eigenvalue weighted by Gasteiger charge is 2.40. The van der Waals surface area contributed by atoms with E-state index < -0.39 is 5.97 Å². The van der Waals surface area contributed by atoms with E-state index in [1.807, 2.05) is 0 Å². The molecule has 0 aromatic carbocycles. The summed E-state index contributed by atoms with van der Waals surface area (Å²) in [5.41, 5.74) is 0. The van der Waals surface area contributed by atoms with E-state index in [-0.39, 0.29) is 11.8 Å². The van der Waals surface area contributed by atoms with Crippen LogP contribution in [0.5, 0.6) is 0 Å². The number of carboxylic acid groups (broad SMARTS) is 1. The summed E-state index contributed by atoms with van der Waals surface area (Å²) in [6.07, 6.45) is 5.24. The molecule has 1 saturated carbocycles. The third-order valence-electron chi connectivity index (χ3n) is 4.03. The molecule has 1 aliphatic heterocycles. The van der Waals surface area contributed by atoms with Crippen LogP contribution in [0.2, 0.25) is 0 Å². The van der Waals surface area contributed by atoms with Crippen molar-refractivity contribution in [1.29, 1.82) is 0 Å². The van der Waals surface area contributed by atoms with E-state index in [2.05, 4.69) is 0 Å². The van der Waals surface area contributed by atoms with E-state index in [9.17, 15) is 9.59 Å². The van der Waals surface area contributed by atoms with Crippen molar-refractivity contribution in [3.63, 3.8) is 0 Å². The zero-order valence-corrected chi connectivity index (χ0v) is 9.69. The minimum absolute atomic E-state index is 0.0304. The van der Waals surface area contributed by atoms with Gasteiger partial charge in [-0.05, 0) is 25.2 Å². The molecule has 2 rings (SSSR count). The van der Waals surface area contributed by atoms with Gasteiger partial charge in [0.2, 0.25) is 5.91 Å². The second-order valence-electron chi connectivity index (χ2n) is 5.05. The summed E-state index contributed by atoms with van der Waals surface area (Å²) in [4.78, 5) is 24.4. The molecule has 1 N–H and O–H groups in total. The number of carbonyl (C=O) groups excluding carboxylic acids is 1.